The number of nitriles is 1. The molecule has 0 aliphatic carbocycles. The molecule has 0 radical (unpaired) electrons. The Morgan fingerprint density at radius 2 is 2.00 bits per heavy atom. The molecule has 1 N–H and O–H groups in total. The van der Waals surface area contributed by atoms with Gasteiger partial charge >= 0.3 is 5.97 Å². The molecule has 5 heteroatoms. The second-order valence-corrected chi connectivity index (χ2v) is 4.31. The monoisotopic (exact) mass is 267 g/mol. The van der Waals surface area contributed by atoms with Gasteiger partial charge in [-0.2, -0.15) is 10.4 Å². The van der Waals surface area contributed by atoms with E-state index in [1.165, 1.54) is 6.08 Å². The van der Waals surface area contributed by atoms with Gasteiger partial charge in [-0.3, -0.25) is 0 Å². The fraction of sp³-hybridized carbons (Fsp3) is 0.133. The first-order chi connectivity index (χ1) is 9.54. The van der Waals surface area contributed by atoms with Crippen LogP contribution in [0.5, 0.6) is 0 Å². The van der Waals surface area contributed by atoms with Crippen molar-refractivity contribution in [1.29, 1.82) is 5.26 Å². The number of nitrogens with zero attached hydrogens (tertiary/aromatic N) is 3. The van der Waals surface area contributed by atoms with Crippen LogP contribution in [-0.2, 0) is 4.79 Å². The molecule has 5 nitrogen and oxygen atoms in total. The van der Waals surface area contributed by atoms with E-state index in [2.05, 4.69) is 5.10 Å². The van der Waals surface area contributed by atoms with Crippen molar-refractivity contribution in [3.05, 3.63) is 52.9 Å². The van der Waals surface area contributed by atoms with Gasteiger partial charge in [-0.05, 0) is 32.1 Å². The number of aromatic nitrogens is 2. The third kappa shape index (κ3) is 2.45. The molecule has 0 bridgehead atoms. The van der Waals surface area contributed by atoms with Crippen molar-refractivity contribution in [2.24, 2.45) is 0 Å². The number of aliphatic carboxylic acids is 1. The first-order valence-electron chi connectivity index (χ1n) is 6.01. The second-order valence-electron chi connectivity index (χ2n) is 4.31. The number of hydrogen-bond donors (Lipinski definition) is 1. The first-order valence-corrected chi connectivity index (χ1v) is 6.01. The van der Waals surface area contributed by atoms with E-state index in [9.17, 15) is 4.79 Å². The highest BCUT2D eigenvalue weighted by molar-refractivity contribution is 5.96. The van der Waals surface area contributed by atoms with Gasteiger partial charge in [-0.15, -0.1) is 0 Å². The molecule has 100 valence electrons. The number of carboxylic acids is 1. The summed E-state index contributed by atoms with van der Waals surface area (Å²) < 4.78 is 1.73. The van der Waals surface area contributed by atoms with E-state index in [4.69, 9.17) is 10.4 Å². The quantitative estimate of drug-likeness (QED) is 0.684. The molecule has 1 aromatic carbocycles. The maximum absolute atomic E-state index is 10.9. The molecular formula is C15H13N3O2. The summed E-state index contributed by atoms with van der Waals surface area (Å²) in [6.45, 7) is 3.63. The molecule has 0 spiro atoms. The SMILES string of the molecule is Cc1nn(-c2ccccc2)c(C)c1C=C(C#N)C(=O)O. The van der Waals surface area contributed by atoms with Crippen LogP contribution in [0, 0.1) is 25.2 Å². The molecule has 0 atom stereocenters. The van der Waals surface area contributed by atoms with Gasteiger partial charge < -0.3 is 5.11 Å². The van der Waals surface area contributed by atoms with Crippen molar-refractivity contribution in [1.82, 2.24) is 9.78 Å². The highest BCUT2D eigenvalue weighted by Crippen LogP contribution is 2.20. The molecule has 1 aromatic heterocycles. The minimum atomic E-state index is -1.24. The van der Waals surface area contributed by atoms with Crippen LogP contribution in [0.2, 0.25) is 0 Å². The van der Waals surface area contributed by atoms with Crippen LogP contribution in [0.25, 0.3) is 11.8 Å². The van der Waals surface area contributed by atoms with Crippen molar-refractivity contribution in [3.63, 3.8) is 0 Å². The van der Waals surface area contributed by atoms with Gasteiger partial charge in [0.05, 0.1) is 11.4 Å². The first kappa shape index (κ1) is 13.6. The minimum Gasteiger partial charge on any atom is -0.477 e. The van der Waals surface area contributed by atoms with Crippen LogP contribution in [0.15, 0.2) is 35.9 Å². The predicted molar refractivity (Wildman–Crippen MR) is 74.3 cm³/mol. The molecule has 0 saturated carbocycles. The molecule has 0 aliphatic rings. The van der Waals surface area contributed by atoms with Gasteiger partial charge in [0.1, 0.15) is 11.6 Å². The third-order valence-electron chi connectivity index (χ3n) is 2.99. The summed E-state index contributed by atoms with van der Waals surface area (Å²) in [6, 6.07) is 11.2. The van der Waals surface area contributed by atoms with E-state index in [-0.39, 0.29) is 5.57 Å². The van der Waals surface area contributed by atoms with E-state index >= 15 is 0 Å². The number of carboxylic acid groups (broad SMARTS) is 1. The number of carbonyl (C=O) groups is 1. The average molecular weight is 267 g/mol. The lowest BCUT2D eigenvalue weighted by Gasteiger charge is -2.03. The Kier molecular flexibility index (Phi) is 3.67. The number of benzene rings is 1. The van der Waals surface area contributed by atoms with Crippen LogP contribution in [0.4, 0.5) is 0 Å². The molecule has 0 saturated heterocycles. The molecular weight excluding hydrogens is 254 g/mol. The van der Waals surface area contributed by atoms with Gasteiger partial charge in [0.25, 0.3) is 0 Å². The topological polar surface area (TPSA) is 78.9 Å². The fourth-order valence-electron chi connectivity index (χ4n) is 1.97. The van der Waals surface area contributed by atoms with E-state index in [0.717, 1.165) is 11.4 Å². The molecule has 20 heavy (non-hydrogen) atoms. The molecule has 1 heterocycles. The summed E-state index contributed by atoms with van der Waals surface area (Å²) in [4.78, 5) is 10.9. The van der Waals surface area contributed by atoms with Crippen LogP contribution in [0.1, 0.15) is 17.0 Å². The van der Waals surface area contributed by atoms with Crippen molar-refractivity contribution >= 4 is 12.0 Å². The summed E-state index contributed by atoms with van der Waals surface area (Å²) in [6.07, 6.45) is 1.36. The number of aryl methyl sites for hydroxylation is 1. The van der Waals surface area contributed by atoms with Crippen molar-refractivity contribution in [2.75, 3.05) is 0 Å². The molecule has 2 aromatic rings. The predicted octanol–water partition coefficient (Wildman–Crippen LogP) is 2.48. The van der Waals surface area contributed by atoms with Gasteiger partial charge in [-0.1, -0.05) is 18.2 Å². The average Bonchev–Trinajstić information content (AvgIpc) is 2.72. The van der Waals surface area contributed by atoms with Crippen LogP contribution >= 0.6 is 0 Å². The molecule has 0 unspecified atom stereocenters. The zero-order valence-corrected chi connectivity index (χ0v) is 11.2. The lowest BCUT2D eigenvalue weighted by molar-refractivity contribution is -0.132. The van der Waals surface area contributed by atoms with Gasteiger partial charge in [0.2, 0.25) is 0 Å². The maximum atomic E-state index is 10.9. The minimum absolute atomic E-state index is 0.302. The standard InChI is InChI=1S/C15H13N3O2/c1-10-14(8-12(9-16)15(19)20)11(2)18(17-10)13-6-4-3-5-7-13/h3-8H,1-2H3,(H,19,20). The van der Waals surface area contributed by atoms with Crippen LogP contribution in [-0.4, -0.2) is 20.9 Å². The molecule has 0 aliphatic heterocycles. The highest BCUT2D eigenvalue weighted by atomic mass is 16.4. The van der Waals surface area contributed by atoms with Crippen molar-refractivity contribution < 1.29 is 9.90 Å². The maximum Gasteiger partial charge on any atom is 0.346 e. The third-order valence-corrected chi connectivity index (χ3v) is 2.99. The summed E-state index contributed by atoms with van der Waals surface area (Å²) in [7, 11) is 0. The molecule has 2 rings (SSSR count). The Hall–Kier alpha value is -2.87. The zero-order chi connectivity index (χ0) is 14.7. The lowest BCUT2D eigenvalue weighted by Crippen LogP contribution is -1.99. The largest absolute Gasteiger partial charge is 0.477 e. The van der Waals surface area contributed by atoms with E-state index in [0.29, 0.717) is 11.3 Å². The highest BCUT2D eigenvalue weighted by Gasteiger charge is 2.14. The summed E-state index contributed by atoms with van der Waals surface area (Å²) in [5, 5.41) is 22.2. The van der Waals surface area contributed by atoms with Gasteiger partial charge in [-0.25, -0.2) is 9.48 Å². The number of para-hydroxylation sites is 1. The lowest BCUT2D eigenvalue weighted by atomic mass is 10.1. The Balaban J connectivity index is 2.56. The Bertz CT molecular complexity index is 722. The van der Waals surface area contributed by atoms with E-state index in [1.54, 1.807) is 17.7 Å². The Morgan fingerprint density at radius 1 is 1.35 bits per heavy atom. The molecule has 0 amide bonds. The summed E-state index contributed by atoms with van der Waals surface area (Å²) >= 11 is 0. The van der Waals surface area contributed by atoms with Gasteiger partial charge in [0.15, 0.2) is 0 Å². The van der Waals surface area contributed by atoms with Crippen molar-refractivity contribution in [3.8, 4) is 11.8 Å². The van der Waals surface area contributed by atoms with E-state index in [1.807, 2.05) is 37.3 Å². The van der Waals surface area contributed by atoms with Crippen LogP contribution < -0.4 is 0 Å². The molecule has 0 fully saturated rings. The summed E-state index contributed by atoms with van der Waals surface area (Å²) in [5.74, 6) is -1.24. The smallest absolute Gasteiger partial charge is 0.346 e. The number of hydrogen-bond acceptors (Lipinski definition) is 3. The Labute approximate surface area is 116 Å². The fourth-order valence-corrected chi connectivity index (χ4v) is 1.97. The zero-order valence-electron chi connectivity index (χ0n) is 11.2. The van der Waals surface area contributed by atoms with Gasteiger partial charge in [0, 0.05) is 11.3 Å². The number of rotatable bonds is 3. The van der Waals surface area contributed by atoms with Crippen molar-refractivity contribution in [2.45, 2.75) is 13.8 Å². The van der Waals surface area contributed by atoms with E-state index < -0.39 is 5.97 Å². The summed E-state index contributed by atoms with van der Waals surface area (Å²) in [5.41, 5.74) is 2.72. The second kappa shape index (κ2) is 5.41. The normalized spacial score (nSPS) is 11.2. The Morgan fingerprint density at radius 3 is 2.55 bits per heavy atom. The van der Waals surface area contributed by atoms with Crippen LogP contribution in [0.3, 0.4) is 0 Å².